The van der Waals surface area contributed by atoms with Crippen molar-refractivity contribution in [2.45, 2.75) is 13.8 Å². The van der Waals surface area contributed by atoms with Crippen LogP contribution in [0.4, 0.5) is 0 Å². The quantitative estimate of drug-likeness (QED) is 0.471. The maximum Gasteiger partial charge on any atom is 0.102 e. The van der Waals surface area contributed by atoms with Crippen LogP contribution in [0.25, 0.3) is 5.57 Å². The average molecular weight is 250 g/mol. The van der Waals surface area contributed by atoms with Gasteiger partial charge < -0.3 is 5.21 Å². The van der Waals surface area contributed by atoms with E-state index in [4.69, 9.17) is 5.21 Å². The molecular weight excluding hydrogens is 236 g/mol. The zero-order chi connectivity index (χ0) is 13.8. The van der Waals surface area contributed by atoms with E-state index in [1.165, 1.54) is 5.56 Å². The maximum atomic E-state index is 9.36. The Labute approximate surface area is 112 Å². The van der Waals surface area contributed by atoms with E-state index in [1.54, 1.807) is 24.3 Å². The lowest BCUT2D eigenvalue weighted by atomic mass is 9.95. The van der Waals surface area contributed by atoms with Crippen LogP contribution >= 0.6 is 0 Å². The Hall–Kier alpha value is -2.60. The summed E-state index contributed by atoms with van der Waals surface area (Å²) in [6.45, 7) is 4.07. The van der Waals surface area contributed by atoms with E-state index in [-0.39, 0.29) is 0 Å². The van der Waals surface area contributed by atoms with Gasteiger partial charge in [-0.25, -0.2) is 0 Å². The summed E-state index contributed by atoms with van der Waals surface area (Å²) in [4.78, 5) is 0. The summed E-state index contributed by atoms with van der Waals surface area (Å²) in [6.07, 6.45) is 6.91. The topological polar surface area (TPSA) is 56.4 Å². The molecule has 1 aromatic carbocycles. The van der Waals surface area contributed by atoms with E-state index in [0.29, 0.717) is 11.3 Å². The van der Waals surface area contributed by atoms with Gasteiger partial charge in [0.25, 0.3) is 0 Å². The lowest BCUT2D eigenvalue weighted by molar-refractivity contribution is 0.320. The highest BCUT2D eigenvalue weighted by atomic mass is 16.4. The van der Waals surface area contributed by atoms with Crippen molar-refractivity contribution in [3.8, 4) is 6.07 Å². The van der Waals surface area contributed by atoms with Crippen molar-refractivity contribution < 1.29 is 5.21 Å². The molecule has 0 fully saturated rings. The van der Waals surface area contributed by atoms with Gasteiger partial charge in [-0.2, -0.15) is 5.26 Å². The van der Waals surface area contributed by atoms with Crippen LogP contribution in [0.1, 0.15) is 16.7 Å². The predicted octanol–water partition coefficient (Wildman–Crippen LogP) is 3.54. The Kier molecular flexibility index (Phi) is 3.63. The molecule has 1 aliphatic rings. The molecule has 0 radical (unpaired) electrons. The number of hydrogen-bond donors (Lipinski definition) is 1. The van der Waals surface area contributed by atoms with Gasteiger partial charge in [-0.05, 0) is 48.3 Å². The van der Waals surface area contributed by atoms with E-state index >= 15 is 0 Å². The van der Waals surface area contributed by atoms with Gasteiger partial charge in [-0.15, -0.1) is 0 Å². The Morgan fingerprint density at radius 3 is 2.32 bits per heavy atom. The second-order valence-electron chi connectivity index (χ2n) is 4.43. The summed E-state index contributed by atoms with van der Waals surface area (Å²) < 4.78 is 0. The molecule has 0 spiro atoms. The highest BCUT2D eigenvalue weighted by Crippen LogP contribution is 2.23. The van der Waals surface area contributed by atoms with Crippen LogP contribution in [-0.2, 0) is 0 Å². The van der Waals surface area contributed by atoms with E-state index in [9.17, 15) is 5.26 Å². The number of allylic oxidation sites excluding steroid dienone is 6. The molecule has 94 valence electrons. The number of aryl methyl sites for hydroxylation is 2. The van der Waals surface area contributed by atoms with Crippen molar-refractivity contribution in [3.05, 3.63) is 64.8 Å². The van der Waals surface area contributed by atoms with Gasteiger partial charge in [0, 0.05) is 0 Å². The van der Waals surface area contributed by atoms with E-state index in [0.717, 1.165) is 16.7 Å². The smallest absolute Gasteiger partial charge is 0.102 e. The van der Waals surface area contributed by atoms with Crippen LogP contribution in [-0.4, -0.2) is 10.9 Å². The van der Waals surface area contributed by atoms with Crippen LogP contribution in [0, 0.1) is 25.2 Å². The molecule has 19 heavy (non-hydrogen) atoms. The van der Waals surface area contributed by atoms with E-state index < -0.39 is 0 Å². The van der Waals surface area contributed by atoms with Crippen molar-refractivity contribution in [2.75, 3.05) is 0 Å². The molecule has 0 aliphatic heterocycles. The molecule has 0 unspecified atom stereocenters. The number of benzene rings is 1. The minimum Gasteiger partial charge on any atom is -0.410 e. The third-order valence-corrected chi connectivity index (χ3v) is 3.18. The van der Waals surface area contributed by atoms with Crippen LogP contribution < -0.4 is 0 Å². The normalized spacial score (nSPS) is 13.3. The fraction of sp³-hybridized carbons (Fsp3) is 0.125. The fourth-order valence-corrected chi connectivity index (χ4v) is 1.89. The molecule has 3 heteroatoms. The van der Waals surface area contributed by atoms with Crippen LogP contribution in [0.3, 0.4) is 0 Å². The number of nitriles is 1. The zero-order valence-electron chi connectivity index (χ0n) is 10.9. The van der Waals surface area contributed by atoms with Crippen LogP contribution in [0.5, 0.6) is 0 Å². The van der Waals surface area contributed by atoms with Crippen molar-refractivity contribution in [1.82, 2.24) is 0 Å². The van der Waals surface area contributed by atoms with Crippen LogP contribution in [0.2, 0.25) is 0 Å². The third-order valence-electron chi connectivity index (χ3n) is 3.18. The first-order valence-electron chi connectivity index (χ1n) is 5.96. The summed E-state index contributed by atoms with van der Waals surface area (Å²) >= 11 is 0. The monoisotopic (exact) mass is 250 g/mol. The molecule has 0 heterocycles. The maximum absolute atomic E-state index is 9.36. The van der Waals surface area contributed by atoms with E-state index in [2.05, 4.69) is 11.2 Å². The summed E-state index contributed by atoms with van der Waals surface area (Å²) in [5, 5.41) is 21.1. The Morgan fingerprint density at radius 2 is 1.79 bits per heavy atom. The van der Waals surface area contributed by atoms with Gasteiger partial charge >= 0.3 is 0 Å². The SMILES string of the molecule is Cc1ccc(C(C#N)=C2C=CC(=NO)C=C2)cc1C. The molecule has 0 amide bonds. The first kappa shape index (κ1) is 12.8. The lowest BCUT2D eigenvalue weighted by Gasteiger charge is -2.08. The predicted molar refractivity (Wildman–Crippen MR) is 76.0 cm³/mol. The summed E-state index contributed by atoms with van der Waals surface area (Å²) in [5.41, 5.74) is 5.17. The molecule has 1 aromatic rings. The Balaban J connectivity index is 2.49. The number of rotatable bonds is 1. The summed E-state index contributed by atoms with van der Waals surface area (Å²) in [7, 11) is 0. The lowest BCUT2D eigenvalue weighted by Crippen LogP contribution is -1.96. The Bertz CT molecular complexity index is 652. The van der Waals surface area contributed by atoms with Crippen molar-refractivity contribution >= 4 is 11.3 Å². The van der Waals surface area contributed by atoms with Crippen molar-refractivity contribution in [1.29, 1.82) is 5.26 Å². The third kappa shape index (κ3) is 2.63. The average Bonchev–Trinajstić information content (AvgIpc) is 2.44. The van der Waals surface area contributed by atoms with Crippen molar-refractivity contribution in [3.63, 3.8) is 0 Å². The molecule has 0 aromatic heterocycles. The van der Waals surface area contributed by atoms with Gasteiger partial charge in [0.15, 0.2) is 0 Å². The molecule has 0 bridgehead atoms. The minimum absolute atomic E-state index is 0.473. The van der Waals surface area contributed by atoms with Gasteiger partial charge in [0.05, 0.1) is 5.57 Å². The molecule has 0 saturated carbocycles. The van der Waals surface area contributed by atoms with E-state index in [1.807, 2.05) is 32.0 Å². The highest BCUT2D eigenvalue weighted by molar-refractivity contribution is 6.06. The number of nitrogens with zero attached hydrogens (tertiary/aromatic N) is 2. The van der Waals surface area contributed by atoms with Gasteiger partial charge in [0.2, 0.25) is 0 Å². The zero-order valence-corrected chi connectivity index (χ0v) is 10.9. The van der Waals surface area contributed by atoms with Gasteiger partial charge in [-0.1, -0.05) is 35.5 Å². The molecule has 1 aliphatic carbocycles. The Morgan fingerprint density at radius 1 is 1.11 bits per heavy atom. The second-order valence-corrected chi connectivity index (χ2v) is 4.43. The molecule has 3 nitrogen and oxygen atoms in total. The molecule has 2 rings (SSSR count). The largest absolute Gasteiger partial charge is 0.410 e. The first-order chi connectivity index (χ1) is 9.15. The van der Waals surface area contributed by atoms with Crippen molar-refractivity contribution in [2.24, 2.45) is 5.16 Å². The molecular formula is C16H14N2O. The first-order valence-corrected chi connectivity index (χ1v) is 5.96. The number of hydrogen-bond acceptors (Lipinski definition) is 3. The second kappa shape index (κ2) is 5.36. The summed E-state index contributed by atoms with van der Waals surface area (Å²) in [6, 6.07) is 8.22. The molecule has 1 N–H and O–H groups in total. The molecule has 0 saturated heterocycles. The number of oxime groups is 1. The minimum atomic E-state index is 0.473. The van der Waals surface area contributed by atoms with Crippen LogP contribution in [0.15, 0.2) is 53.2 Å². The van der Waals surface area contributed by atoms with Gasteiger partial charge in [-0.3, -0.25) is 0 Å². The standard InChI is InChI=1S/C16H14N2O/c1-11-3-4-14(9-12(11)2)16(10-17)13-5-7-15(18-19)8-6-13/h3-9,19H,1-2H3. The fourth-order valence-electron chi connectivity index (χ4n) is 1.89. The summed E-state index contributed by atoms with van der Waals surface area (Å²) in [5.74, 6) is 0. The van der Waals surface area contributed by atoms with Gasteiger partial charge in [0.1, 0.15) is 11.8 Å². The highest BCUT2D eigenvalue weighted by Gasteiger charge is 2.08. The molecule has 0 atom stereocenters.